The molecule has 136 valence electrons. The fourth-order valence-electron chi connectivity index (χ4n) is 2.87. The molecule has 2 heterocycles. The normalized spacial score (nSPS) is 17.2. The average Bonchev–Trinajstić information content (AvgIpc) is 2.92. The average molecular weight is 337 g/mol. The molecule has 2 rings (SSSR count). The van der Waals surface area contributed by atoms with E-state index in [9.17, 15) is 0 Å². The lowest BCUT2D eigenvalue weighted by Crippen LogP contribution is -2.43. The molecule has 7 nitrogen and oxygen atoms in total. The Morgan fingerprint density at radius 1 is 1.33 bits per heavy atom. The number of rotatable bonds is 7. The van der Waals surface area contributed by atoms with E-state index >= 15 is 0 Å². The highest BCUT2D eigenvalue weighted by Crippen LogP contribution is 2.16. The zero-order chi connectivity index (χ0) is 17.4. The molecule has 1 saturated heterocycles. The van der Waals surface area contributed by atoms with Crippen molar-refractivity contribution in [3.8, 4) is 0 Å². The number of likely N-dealkylation sites (tertiary alicyclic amines) is 1. The number of oxazole rings is 1. The number of hydrogen-bond donors (Lipinski definition) is 2. The van der Waals surface area contributed by atoms with E-state index in [4.69, 9.17) is 9.15 Å². The molecular weight excluding hydrogens is 306 g/mol. The zero-order valence-corrected chi connectivity index (χ0v) is 15.4. The maximum atomic E-state index is 5.58. The van der Waals surface area contributed by atoms with Crippen LogP contribution in [-0.2, 0) is 11.3 Å². The van der Waals surface area contributed by atoms with E-state index in [1.165, 1.54) is 12.8 Å². The number of aromatic nitrogens is 1. The standard InChI is InChI=1S/C17H31N5O2/c1-13-14(2)24-16(21-13)12-20-17(18-3)19-11-15-5-7-22(8-6-15)9-10-23-4/h15H,5-12H2,1-4H3,(H2,18,19,20). The molecule has 1 aromatic heterocycles. The molecule has 1 fully saturated rings. The van der Waals surface area contributed by atoms with Crippen molar-refractivity contribution in [3.63, 3.8) is 0 Å². The van der Waals surface area contributed by atoms with Gasteiger partial charge in [-0.15, -0.1) is 0 Å². The van der Waals surface area contributed by atoms with Crippen LogP contribution in [0.4, 0.5) is 0 Å². The third-order valence-electron chi connectivity index (χ3n) is 4.58. The molecular formula is C17H31N5O2. The van der Waals surface area contributed by atoms with Gasteiger partial charge >= 0.3 is 0 Å². The minimum Gasteiger partial charge on any atom is -0.444 e. The summed E-state index contributed by atoms with van der Waals surface area (Å²) in [4.78, 5) is 11.1. The van der Waals surface area contributed by atoms with Crippen LogP contribution >= 0.6 is 0 Å². The molecule has 0 radical (unpaired) electrons. The van der Waals surface area contributed by atoms with Crippen LogP contribution in [-0.4, -0.2) is 62.8 Å². The van der Waals surface area contributed by atoms with Gasteiger partial charge in [0.05, 0.1) is 18.8 Å². The zero-order valence-electron chi connectivity index (χ0n) is 15.4. The van der Waals surface area contributed by atoms with Crippen LogP contribution < -0.4 is 10.6 Å². The molecule has 0 spiro atoms. The predicted molar refractivity (Wildman–Crippen MR) is 95.2 cm³/mol. The topological polar surface area (TPSA) is 74.9 Å². The fraction of sp³-hybridized carbons (Fsp3) is 0.765. The van der Waals surface area contributed by atoms with Crippen molar-refractivity contribution in [2.75, 3.05) is 46.9 Å². The summed E-state index contributed by atoms with van der Waals surface area (Å²) >= 11 is 0. The second kappa shape index (κ2) is 9.64. The lowest BCUT2D eigenvalue weighted by atomic mass is 9.97. The summed E-state index contributed by atoms with van der Waals surface area (Å²) in [5.74, 6) is 3.05. The van der Waals surface area contributed by atoms with Crippen molar-refractivity contribution in [1.82, 2.24) is 20.5 Å². The summed E-state index contributed by atoms with van der Waals surface area (Å²) in [5.41, 5.74) is 0.940. The number of methoxy groups -OCH3 is 1. The van der Waals surface area contributed by atoms with Crippen molar-refractivity contribution in [3.05, 3.63) is 17.3 Å². The van der Waals surface area contributed by atoms with Crippen LogP contribution in [0.5, 0.6) is 0 Å². The van der Waals surface area contributed by atoms with E-state index in [0.717, 1.165) is 50.2 Å². The highest BCUT2D eigenvalue weighted by atomic mass is 16.5. The first-order valence-corrected chi connectivity index (χ1v) is 8.71. The lowest BCUT2D eigenvalue weighted by molar-refractivity contribution is 0.121. The number of nitrogens with zero attached hydrogens (tertiary/aromatic N) is 3. The predicted octanol–water partition coefficient (Wildman–Crippen LogP) is 1.31. The molecule has 0 aliphatic carbocycles. The number of hydrogen-bond acceptors (Lipinski definition) is 5. The molecule has 1 aromatic rings. The van der Waals surface area contributed by atoms with Crippen LogP contribution in [0.1, 0.15) is 30.2 Å². The Kier molecular flexibility index (Phi) is 7.52. The van der Waals surface area contributed by atoms with E-state index in [1.54, 1.807) is 14.2 Å². The van der Waals surface area contributed by atoms with Crippen molar-refractivity contribution in [2.45, 2.75) is 33.2 Å². The summed E-state index contributed by atoms with van der Waals surface area (Å²) in [6, 6.07) is 0. The maximum Gasteiger partial charge on any atom is 0.214 e. The highest BCUT2D eigenvalue weighted by Gasteiger charge is 2.19. The second-order valence-corrected chi connectivity index (χ2v) is 6.33. The van der Waals surface area contributed by atoms with E-state index < -0.39 is 0 Å². The van der Waals surface area contributed by atoms with Gasteiger partial charge in [-0.1, -0.05) is 0 Å². The number of ether oxygens (including phenoxy) is 1. The van der Waals surface area contributed by atoms with Gasteiger partial charge in [-0.2, -0.15) is 0 Å². The van der Waals surface area contributed by atoms with E-state index in [0.29, 0.717) is 18.4 Å². The number of aryl methyl sites for hydroxylation is 2. The molecule has 24 heavy (non-hydrogen) atoms. The molecule has 0 amide bonds. The van der Waals surface area contributed by atoms with E-state index in [2.05, 4.69) is 25.5 Å². The lowest BCUT2D eigenvalue weighted by Gasteiger charge is -2.32. The third-order valence-corrected chi connectivity index (χ3v) is 4.58. The summed E-state index contributed by atoms with van der Waals surface area (Å²) in [5, 5.41) is 6.67. The molecule has 0 bridgehead atoms. The van der Waals surface area contributed by atoms with Crippen LogP contribution in [0, 0.1) is 19.8 Å². The fourth-order valence-corrected chi connectivity index (χ4v) is 2.87. The van der Waals surface area contributed by atoms with Crippen LogP contribution in [0.3, 0.4) is 0 Å². The van der Waals surface area contributed by atoms with Gasteiger partial charge in [0.15, 0.2) is 5.96 Å². The minimum atomic E-state index is 0.545. The summed E-state index contributed by atoms with van der Waals surface area (Å²) < 4.78 is 10.7. The van der Waals surface area contributed by atoms with Gasteiger partial charge in [-0.3, -0.25) is 4.99 Å². The van der Waals surface area contributed by atoms with Crippen LogP contribution in [0.2, 0.25) is 0 Å². The molecule has 0 unspecified atom stereocenters. The van der Waals surface area contributed by atoms with Gasteiger partial charge < -0.3 is 24.7 Å². The molecule has 0 saturated carbocycles. The SMILES string of the molecule is CN=C(NCc1nc(C)c(C)o1)NCC1CCN(CCOC)CC1. The Labute approximate surface area is 144 Å². The summed E-state index contributed by atoms with van der Waals surface area (Å²) in [6.07, 6.45) is 2.43. The first-order valence-electron chi connectivity index (χ1n) is 8.71. The van der Waals surface area contributed by atoms with Crippen molar-refractivity contribution >= 4 is 5.96 Å². The summed E-state index contributed by atoms with van der Waals surface area (Å²) in [7, 11) is 3.55. The number of guanidine groups is 1. The van der Waals surface area contributed by atoms with Crippen molar-refractivity contribution < 1.29 is 9.15 Å². The molecule has 1 aliphatic rings. The summed E-state index contributed by atoms with van der Waals surface area (Å²) in [6.45, 7) is 9.53. The van der Waals surface area contributed by atoms with Gasteiger partial charge in [0.25, 0.3) is 0 Å². The first-order chi connectivity index (χ1) is 11.6. The van der Waals surface area contributed by atoms with Crippen molar-refractivity contribution in [1.29, 1.82) is 0 Å². The molecule has 7 heteroatoms. The molecule has 1 aliphatic heterocycles. The number of piperidine rings is 1. The quantitative estimate of drug-likeness (QED) is 0.577. The Hall–Kier alpha value is -1.60. The Morgan fingerprint density at radius 3 is 2.67 bits per heavy atom. The minimum absolute atomic E-state index is 0.545. The second-order valence-electron chi connectivity index (χ2n) is 6.33. The molecule has 0 atom stereocenters. The first kappa shape index (κ1) is 18.7. The van der Waals surface area contributed by atoms with Crippen LogP contribution in [0.15, 0.2) is 9.41 Å². The largest absolute Gasteiger partial charge is 0.444 e. The monoisotopic (exact) mass is 337 g/mol. The van der Waals surface area contributed by atoms with Gasteiger partial charge in [-0.05, 0) is 45.7 Å². The van der Waals surface area contributed by atoms with Gasteiger partial charge in [0.1, 0.15) is 5.76 Å². The van der Waals surface area contributed by atoms with E-state index in [1.807, 2.05) is 13.8 Å². The number of nitrogens with one attached hydrogen (secondary N) is 2. The maximum absolute atomic E-state index is 5.58. The smallest absolute Gasteiger partial charge is 0.214 e. The Bertz CT molecular complexity index is 502. The molecule has 2 N–H and O–H groups in total. The van der Waals surface area contributed by atoms with Crippen LogP contribution in [0.25, 0.3) is 0 Å². The highest BCUT2D eigenvalue weighted by molar-refractivity contribution is 5.79. The van der Waals surface area contributed by atoms with Gasteiger partial charge in [0.2, 0.25) is 5.89 Å². The van der Waals surface area contributed by atoms with Gasteiger partial charge in [0, 0.05) is 27.2 Å². The van der Waals surface area contributed by atoms with E-state index in [-0.39, 0.29) is 0 Å². The van der Waals surface area contributed by atoms with Crippen molar-refractivity contribution in [2.24, 2.45) is 10.9 Å². The Morgan fingerprint density at radius 2 is 2.08 bits per heavy atom. The Balaban J connectivity index is 1.67. The third kappa shape index (κ3) is 5.79. The number of aliphatic imine (C=N–C) groups is 1. The van der Waals surface area contributed by atoms with Gasteiger partial charge in [-0.25, -0.2) is 4.98 Å². The molecule has 0 aromatic carbocycles.